The van der Waals surface area contributed by atoms with E-state index in [2.05, 4.69) is 5.32 Å². The summed E-state index contributed by atoms with van der Waals surface area (Å²) in [6.07, 6.45) is 0.542. The van der Waals surface area contributed by atoms with Crippen LogP contribution in [0, 0.1) is 0 Å². The molecule has 0 saturated carbocycles. The van der Waals surface area contributed by atoms with Crippen molar-refractivity contribution in [2.24, 2.45) is 11.5 Å². The van der Waals surface area contributed by atoms with E-state index in [0.717, 1.165) is 11.1 Å². The molecule has 0 aliphatic carbocycles. The van der Waals surface area contributed by atoms with Crippen molar-refractivity contribution in [1.82, 2.24) is 10.2 Å². The Morgan fingerprint density at radius 1 is 0.933 bits per heavy atom. The molecule has 3 aromatic carbocycles. The molecule has 0 fully saturated rings. The minimum Gasteiger partial charge on any atom is -0.497 e. The van der Waals surface area contributed by atoms with E-state index in [0.29, 0.717) is 49.7 Å². The Morgan fingerprint density at radius 2 is 1.64 bits per heavy atom. The number of primary amides is 2. The van der Waals surface area contributed by atoms with Gasteiger partial charge in [-0.1, -0.05) is 32.0 Å². The van der Waals surface area contributed by atoms with Crippen LogP contribution in [0.3, 0.4) is 0 Å². The number of rotatable bonds is 16. The number of hydrogen-bond acceptors (Lipinski definition) is 8. The van der Waals surface area contributed by atoms with Crippen LogP contribution in [-0.4, -0.2) is 67.4 Å². The number of nitrogens with one attached hydrogen (secondary N) is 1. The molecular formula is C34H42N4O7. The number of carbonyl (C=O) groups excluding carboxylic acids is 3. The minimum atomic E-state index is -1.09. The number of fused-ring (bicyclic) bond motifs is 1. The quantitative estimate of drug-likeness (QED) is 0.190. The average molecular weight is 619 g/mol. The van der Waals surface area contributed by atoms with Gasteiger partial charge in [0.25, 0.3) is 5.91 Å². The summed E-state index contributed by atoms with van der Waals surface area (Å²) in [5.41, 5.74) is 13.6. The molecule has 240 valence electrons. The van der Waals surface area contributed by atoms with Gasteiger partial charge in [0.05, 0.1) is 13.2 Å². The highest BCUT2D eigenvalue weighted by Crippen LogP contribution is 2.37. The van der Waals surface area contributed by atoms with Gasteiger partial charge in [0.1, 0.15) is 5.75 Å². The second-order valence-electron chi connectivity index (χ2n) is 11.1. The molecule has 3 aromatic rings. The maximum absolute atomic E-state index is 14.2. The zero-order chi connectivity index (χ0) is 32.5. The van der Waals surface area contributed by atoms with Gasteiger partial charge >= 0.3 is 0 Å². The molecule has 0 spiro atoms. The van der Waals surface area contributed by atoms with E-state index in [1.807, 2.05) is 50.2 Å². The van der Waals surface area contributed by atoms with Crippen LogP contribution in [-0.2, 0) is 13.0 Å². The van der Waals surface area contributed by atoms with Crippen LogP contribution >= 0.6 is 0 Å². The first-order valence-corrected chi connectivity index (χ1v) is 15.1. The lowest BCUT2D eigenvalue weighted by Crippen LogP contribution is -2.38. The van der Waals surface area contributed by atoms with Crippen molar-refractivity contribution in [3.05, 3.63) is 88.0 Å². The fraction of sp³-hybridized carbons (Fsp3) is 0.382. The molecule has 0 saturated heterocycles. The monoisotopic (exact) mass is 618 g/mol. The number of benzene rings is 3. The molecule has 1 aliphatic heterocycles. The van der Waals surface area contributed by atoms with Gasteiger partial charge in [-0.05, 0) is 72.4 Å². The Bertz CT molecular complexity index is 1520. The number of aliphatic hydroxyl groups excluding tert-OH is 1. The van der Waals surface area contributed by atoms with Gasteiger partial charge in [0.2, 0.25) is 18.6 Å². The Hall–Kier alpha value is -4.61. The largest absolute Gasteiger partial charge is 0.497 e. The highest BCUT2D eigenvalue weighted by molar-refractivity contribution is 6.06. The topological polar surface area (TPSA) is 166 Å². The van der Waals surface area contributed by atoms with Gasteiger partial charge < -0.3 is 41.0 Å². The number of ether oxygens (including phenoxy) is 3. The maximum atomic E-state index is 14.2. The Balaban J connectivity index is 1.80. The molecule has 0 unspecified atom stereocenters. The number of aliphatic hydroxyl groups is 1. The second-order valence-corrected chi connectivity index (χ2v) is 11.1. The maximum Gasteiger partial charge on any atom is 0.254 e. The molecular weight excluding hydrogens is 576 g/mol. The normalized spacial score (nSPS) is 13.2. The predicted molar refractivity (Wildman–Crippen MR) is 170 cm³/mol. The fourth-order valence-electron chi connectivity index (χ4n) is 5.64. The standard InChI is InChI=1S/C34H42N4O7/c1-4-11-38(12-5-2)34(42)27-17-23(32(35)40)16-26(33(36)41)31(27)25(14-21-9-10-29-30(15-21)45-20-44-29)28(39)19-37-18-22-7-6-8-24(13-22)43-3/h6-10,13,15-17,25,28,37,39H,4-5,11-12,14,18-20H2,1-3H3,(H2,35,40)(H2,36,41)/t25-,28+/m1/s1. The van der Waals surface area contributed by atoms with E-state index < -0.39 is 23.8 Å². The van der Waals surface area contributed by atoms with Crippen molar-refractivity contribution >= 4 is 17.7 Å². The summed E-state index contributed by atoms with van der Waals surface area (Å²) < 4.78 is 16.4. The number of nitrogens with zero attached hydrogens (tertiary/aromatic N) is 1. The van der Waals surface area contributed by atoms with Crippen LogP contribution in [0.15, 0.2) is 54.6 Å². The van der Waals surface area contributed by atoms with E-state index in [-0.39, 0.29) is 47.9 Å². The fourth-order valence-corrected chi connectivity index (χ4v) is 5.64. The third kappa shape index (κ3) is 8.11. The van der Waals surface area contributed by atoms with Gasteiger partial charge in [0.15, 0.2) is 11.5 Å². The molecule has 6 N–H and O–H groups in total. The molecule has 2 atom stereocenters. The zero-order valence-corrected chi connectivity index (χ0v) is 26.0. The first-order valence-electron chi connectivity index (χ1n) is 15.1. The molecule has 45 heavy (non-hydrogen) atoms. The zero-order valence-electron chi connectivity index (χ0n) is 26.0. The van der Waals surface area contributed by atoms with Crippen LogP contribution in [0.5, 0.6) is 17.2 Å². The van der Waals surface area contributed by atoms with Crippen LogP contribution in [0.4, 0.5) is 0 Å². The van der Waals surface area contributed by atoms with Gasteiger partial charge in [-0.2, -0.15) is 0 Å². The summed E-state index contributed by atoms with van der Waals surface area (Å²) in [5, 5.41) is 15.1. The lowest BCUT2D eigenvalue weighted by molar-refractivity contribution is 0.0751. The number of hydrogen-bond donors (Lipinski definition) is 4. The van der Waals surface area contributed by atoms with Gasteiger partial charge in [-0.3, -0.25) is 14.4 Å². The van der Waals surface area contributed by atoms with Crippen molar-refractivity contribution in [1.29, 1.82) is 0 Å². The lowest BCUT2D eigenvalue weighted by Gasteiger charge is -2.30. The molecule has 11 nitrogen and oxygen atoms in total. The van der Waals surface area contributed by atoms with Crippen molar-refractivity contribution in [2.45, 2.75) is 51.7 Å². The summed E-state index contributed by atoms with van der Waals surface area (Å²) >= 11 is 0. The minimum absolute atomic E-state index is 0.0173. The number of amides is 3. The van der Waals surface area contributed by atoms with E-state index in [1.54, 1.807) is 18.1 Å². The summed E-state index contributed by atoms with van der Waals surface area (Å²) in [5.74, 6) is -0.934. The highest BCUT2D eigenvalue weighted by atomic mass is 16.7. The van der Waals surface area contributed by atoms with Gasteiger partial charge in [-0.25, -0.2) is 0 Å². The first-order chi connectivity index (χ1) is 21.7. The second kappa shape index (κ2) is 15.4. The van der Waals surface area contributed by atoms with Gasteiger partial charge in [-0.15, -0.1) is 0 Å². The summed E-state index contributed by atoms with van der Waals surface area (Å²) in [4.78, 5) is 41.2. The number of methoxy groups -OCH3 is 1. The number of carbonyl (C=O) groups is 3. The summed E-state index contributed by atoms with van der Waals surface area (Å²) in [7, 11) is 1.60. The van der Waals surface area contributed by atoms with Crippen LogP contribution in [0.25, 0.3) is 0 Å². The highest BCUT2D eigenvalue weighted by Gasteiger charge is 2.33. The van der Waals surface area contributed by atoms with Crippen LogP contribution in [0.2, 0.25) is 0 Å². The third-order valence-electron chi connectivity index (χ3n) is 7.78. The summed E-state index contributed by atoms with van der Waals surface area (Å²) in [6.45, 7) is 5.51. The molecule has 4 rings (SSSR count). The smallest absolute Gasteiger partial charge is 0.254 e. The molecule has 0 aromatic heterocycles. The summed E-state index contributed by atoms with van der Waals surface area (Å²) in [6, 6.07) is 15.7. The van der Waals surface area contributed by atoms with Crippen molar-refractivity contribution in [2.75, 3.05) is 33.5 Å². The Kier molecular flexibility index (Phi) is 11.4. The third-order valence-corrected chi connectivity index (χ3v) is 7.78. The van der Waals surface area contributed by atoms with Crippen molar-refractivity contribution in [3.63, 3.8) is 0 Å². The molecule has 1 aliphatic rings. The molecule has 1 heterocycles. The Morgan fingerprint density at radius 3 is 2.31 bits per heavy atom. The molecule has 11 heteroatoms. The lowest BCUT2D eigenvalue weighted by atomic mass is 9.80. The predicted octanol–water partition coefficient (Wildman–Crippen LogP) is 3.36. The van der Waals surface area contributed by atoms with Crippen molar-refractivity contribution in [3.8, 4) is 17.2 Å². The van der Waals surface area contributed by atoms with Crippen LogP contribution < -0.4 is 31.0 Å². The van der Waals surface area contributed by atoms with Crippen LogP contribution in [0.1, 0.15) is 80.4 Å². The Labute approximate surface area is 263 Å². The molecule has 0 radical (unpaired) electrons. The number of nitrogens with two attached hydrogens (primary N) is 2. The molecule has 3 amide bonds. The SMILES string of the molecule is CCCN(CCC)C(=O)c1cc(C(N)=O)cc(C(N)=O)c1[C@H](Cc1ccc2c(c1)OCO2)[C@@H](O)CNCc1cccc(OC)c1. The van der Waals surface area contributed by atoms with Crippen molar-refractivity contribution < 1.29 is 33.7 Å². The first kappa shape index (κ1) is 33.3. The van der Waals surface area contributed by atoms with E-state index in [1.165, 1.54) is 12.1 Å². The van der Waals surface area contributed by atoms with E-state index in [9.17, 15) is 19.5 Å². The molecule has 0 bridgehead atoms. The van der Waals surface area contributed by atoms with E-state index in [4.69, 9.17) is 25.7 Å². The average Bonchev–Trinajstić information content (AvgIpc) is 3.50. The van der Waals surface area contributed by atoms with E-state index >= 15 is 0 Å². The van der Waals surface area contributed by atoms with Gasteiger partial charge in [0, 0.05) is 48.8 Å².